The van der Waals surface area contributed by atoms with Crippen molar-refractivity contribution in [3.63, 3.8) is 0 Å². The Morgan fingerprint density at radius 1 is 1.36 bits per heavy atom. The highest BCUT2D eigenvalue weighted by Crippen LogP contribution is 2.17. The maximum absolute atomic E-state index is 9.19. The molecule has 0 saturated carbocycles. The number of aliphatic hydroxyl groups is 3. The summed E-state index contributed by atoms with van der Waals surface area (Å²) in [6, 6.07) is 0. The molecule has 0 bridgehead atoms. The first-order chi connectivity index (χ1) is 5.15. The Bertz CT molecular complexity index is 132. The third-order valence-electron chi connectivity index (χ3n) is 1.78. The van der Waals surface area contributed by atoms with E-state index in [1.54, 1.807) is 0 Å². The van der Waals surface area contributed by atoms with E-state index in [4.69, 9.17) is 20.7 Å². The molecule has 0 amide bonds. The fourth-order valence-electron chi connectivity index (χ4n) is 1.13. The molecule has 66 valence electrons. The lowest BCUT2D eigenvalue weighted by atomic mass is 10.0. The Balaban J connectivity index is 2.51. The van der Waals surface area contributed by atoms with Crippen LogP contribution in [-0.2, 0) is 4.74 Å². The molecule has 11 heavy (non-hydrogen) atoms. The van der Waals surface area contributed by atoms with Crippen LogP contribution in [0.4, 0.5) is 0 Å². The maximum Gasteiger partial charge on any atom is 0.157 e. The summed E-state index contributed by atoms with van der Waals surface area (Å²) >= 11 is 0. The quantitative estimate of drug-likeness (QED) is 0.351. The molecule has 0 radical (unpaired) electrons. The van der Waals surface area contributed by atoms with Crippen LogP contribution in [-0.4, -0.2) is 46.5 Å². The van der Waals surface area contributed by atoms with E-state index in [2.05, 4.69) is 0 Å². The summed E-state index contributed by atoms with van der Waals surface area (Å²) in [6.07, 6.45) is -3.55. The summed E-state index contributed by atoms with van der Waals surface area (Å²) in [5.41, 5.74) is 5.21. The molecule has 0 aromatic carbocycles. The molecule has 5 heteroatoms. The van der Waals surface area contributed by atoms with Crippen LogP contribution in [0, 0.1) is 0 Å². The van der Waals surface area contributed by atoms with Crippen molar-refractivity contribution in [3.8, 4) is 0 Å². The third kappa shape index (κ3) is 1.88. The molecule has 1 heterocycles. The minimum atomic E-state index is -1.01. The Kier molecular flexibility index (Phi) is 2.80. The average molecular weight is 163 g/mol. The minimum Gasteiger partial charge on any atom is -0.390 e. The van der Waals surface area contributed by atoms with Crippen LogP contribution in [0.1, 0.15) is 6.42 Å². The lowest BCUT2D eigenvalue weighted by Gasteiger charge is -2.34. The van der Waals surface area contributed by atoms with E-state index >= 15 is 0 Å². The Labute approximate surface area is 64.4 Å². The van der Waals surface area contributed by atoms with E-state index in [0.29, 0.717) is 0 Å². The van der Waals surface area contributed by atoms with Crippen LogP contribution in [0.2, 0.25) is 0 Å². The zero-order valence-corrected chi connectivity index (χ0v) is 6.05. The topological polar surface area (TPSA) is 95.9 Å². The van der Waals surface area contributed by atoms with Gasteiger partial charge in [0.15, 0.2) is 6.29 Å². The van der Waals surface area contributed by atoms with Crippen LogP contribution in [0.15, 0.2) is 0 Å². The molecule has 0 aromatic rings. The van der Waals surface area contributed by atoms with Crippen molar-refractivity contribution in [2.45, 2.75) is 31.0 Å². The first-order valence-corrected chi connectivity index (χ1v) is 3.55. The van der Waals surface area contributed by atoms with E-state index in [-0.39, 0.29) is 13.0 Å². The van der Waals surface area contributed by atoms with Crippen LogP contribution in [0.5, 0.6) is 0 Å². The number of hydrogen-bond donors (Lipinski definition) is 4. The second kappa shape index (κ2) is 3.46. The molecule has 5 N–H and O–H groups in total. The van der Waals surface area contributed by atoms with Gasteiger partial charge in [0.25, 0.3) is 0 Å². The number of nitrogens with two attached hydrogens (primary N) is 1. The molecule has 1 saturated heterocycles. The van der Waals surface area contributed by atoms with Crippen LogP contribution in [0.3, 0.4) is 0 Å². The molecule has 1 fully saturated rings. The van der Waals surface area contributed by atoms with Gasteiger partial charge >= 0.3 is 0 Å². The highest BCUT2D eigenvalue weighted by molar-refractivity contribution is 4.82. The smallest absolute Gasteiger partial charge is 0.157 e. The van der Waals surface area contributed by atoms with E-state index in [0.717, 1.165) is 0 Å². The summed E-state index contributed by atoms with van der Waals surface area (Å²) in [5, 5.41) is 27.2. The summed E-state index contributed by atoms with van der Waals surface area (Å²) in [7, 11) is 0. The molecular weight excluding hydrogens is 150 g/mol. The SMILES string of the molecule is NC[C@@H]1O[C@H](O)CC(O)[C@@H]1O. The lowest BCUT2D eigenvalue weighted by molar-refractivity contribution is -0.228. The van der Waals surface area contributed by atoms with Crippen LogP contribution >= 0.6 is 0 Å². The normalized spacial score (nSPS) is 45.8. The second-order valence-electron chi connectivity index (χ2n) is 2.66. The largest absolute Gasteiger partial charge is 0.390 e. The van der Waals surface area contributed by atoms with Gasteiger partial charge in [0.1, 0.15) is 12.2 Å². The summed E-state index contributed by atoms with van der Waals surface area (Å²) in [6.45, 7) is 0.0925. The molecule has 1 aliphatic heterocycles. The van der Waals surface area contributed by atoms with Crippen LogP contribution < -0.4 is 5.73 Å². The van der Waals surface area contributed by atoms with Crippen molar-refractivity contribution >= 4 is 0 Å². The molecule has 1 rings (SSSR count). The summed E-state index contributed by atoms with van der Waals surface area (Å²) in [4.78, 5) is 0. The van der Waals surface area contributed by atoms with Crippen molar-refractivity contribution in [2.75, 3.05) is 6.54 Å². The average Bonchev–Trinajstić information content (AvgIpc) is 1.96. The van der Waals surface area contributed by atoms with Gasteiger partial charge in [-0.2, -0.15) is 0 Å². The molecule has 1 aliphatic rings. The monoisotopic (exact) mass is 163 g/mol. The Hall–Kier alpha value is -0.200. The predicted molar refractivity (Wildman–Crippen MR) is 36.6 cm³/mol. The fraction of sp³-hybridized carbons (Fsp3) is 1.00. The van der Waals surface area contributed by atoms with Gasteiger partial charge in [-0.1, -0.05) is 0 Å². The lowest BCUT2D eigenvalue weighted by Crippen LogP contribution is -2.51. The van der Waals surface area contributed by atoms with Crippen molar-refractivity contribution in [1.29, 1.82) is 0 Å². The molecule has 1 unspecified atom stereocenters. The molecule has 0 aromatic heterocycles. The Morgan fingerprint density at radius 2 is 2.00 bits per heavy atom. The van der Waals surface area contributed by atoms with Gasteiger partial charge in [0.05, 0.1) is 6.10 Å². The maximum atomic E-state index is 9.19. The van der Waals surface area contributed by atoms with Gasteiger partial charge in [-0.05, 0) is 0 Å². The summed E-state index contributed by atoms with van der Waals surface area (Å²) < 4.78 is 4.84. The van der Waals surface area contributed by atoms with Crippen molar-refractivity contribution < 1.29 is 20.1 Å². The molecular formula is C6H13NO4. The Morgan fingerprint density at radius 3 is 2.55 bits per heavy atom. The zero-order valence-electron chi connectivity index (χ0n) is 6.05. The van der Waals surface area contributed by atoms with E-state index in [9.17, 15) is 5.11 Å². The number of hydrogen-bond acceptors (Lipinski definition) is 5. The summed E-state index contributed by atoms with van der Waals surface area (Å²) in [5.74, 6) is 0. The van der Waals surface area contributed by atoms with Gasteiger partial charge in [0, 0.05) is 13.0 Å². The predicted octanol–water partition coefficient (Wildman–Crippen LogP) is -2.23. The van der Waals surface area contributed by atoms with E-state index in [1.165, 1.54) is 0 Å². The first-order valence-electron chi connectivity index (χ1n) is 3.55. The molecule has 0 aliphatic carbocycles. The van der Waals surface area contributed by atoms with Gasteiger partial charge in [-0.15, -0.1) is 0 Å². The molecule has 0 spiro atoms. The molecule has 5 nitrogen and oxygen atoms in total. The molecule has 4 atom stereocenters. The fourth-order valence-corrected chi connectivity index (χ4v) is 1.13. The van der Waals surface area contributed by atoms with Gasteiger partial charge in [0.2, 0.25) is 0 Å². The zero-order chi connectivity index (χ0) is 8.43. The van der Waals surface area contributed by atoms with E-state index < -0.39 is 24.6 Å². The van der Waals surface area contributed by atoms with Gasteiger partial charge < -0.3 is 25.8 Å². The minimum absolute atomic E-state index is 0.0394. The standard InChI is InChI=1S/C6H13NO4/c7-2-4-6(10)3(8)1-5(9)11-4/h3-6,8-10H,1-2,7H2/t3?,4-,5-,6-/m0/s1. The first kappa shape index (κ1) is 8.89. The third-order valence-corrected chi connectivity index (χ3v) is 1.78. The van der Waals surface area contributed by atoms with Crippen molar-refractivity contribution in [1.82, 2.24) is 0 Å². The second-order valence-corrected chi connectivity index (χ2v) is 2.66. The van der Waals surface area contributed by atoms with Gasteiger partial charge in [-0.25, -0.2) is 0 Å². The number of rotatable bonds is 1. The van der Waals surface area contributed by atoms with Gasteiger partial charge in [-0.3, -0.25) is 0 Å². The highest BCUT2D eigenvalue weighted by Gasteiger charge is 2.34. The highest BCUT2D eigenvalue weighted by atomic mass is 16.6. The number of ether oxygens (including phenoxy) is 1. The number of aliphatic hydroxyl groups excluding tert-OH is 3. The van der Waals surface area contributed by atoms with E-state index in [1.807, 2.05) is 0 Å². The van der Waals surface area contributed by atoms with Crippen molar-refractivity contribution in [3.05, 3.63) is 0 Å². The van der Waals surface area contributed by atoms with Crippen molar-refractivity contribution in [2.24, 2.45) is 5.73 Å². The van der Waals surface area contributed by atoms with Crippen LogP contribution in [0.25, 0.3) is 0 Å².